The van der Waals surface area contributed by atoms with Gasteiger partial charge in [0, 0.05) is 19.0 Å². The predicted molar refractivity (Wildman–Crippen MR) is 93.5 cm³/mol. The average Bonchev–Trinajstić information content (AvgIpc) is 3.29. The second-order valence-corrected chi connectivity index (χ2v) is 6.48. The fourth-order valence-electron chi connectivity index (χ4n) is 2.77. The molecule has 0 aromatic carbocycles. The van der Waals surface area contributed by atoms with Gasteiger partial charge in [0.05, 0.1) is 24.6 Å². The van der Waals surface area contributed by atoms with E-state index >= 15 is 0 Å². The van der Waals surface area contributed by atoms with Gasteiger partial charge in [-0.3, -0.25) is 4.79 Å². The van der Waals surface area contributed by atoms with Crippen molar-refractivity contribution in [1.29, 1.82) is 0 Å². The van der Waals surface area contributed by atoms with Gasteiger partial charge in [0.2, 0.25) is 0 Å². The van der Waals surface area contributed by atoms with Crippen molar-refractivity contribution in [3.8, 4) is 5.82 Å². The molecule has 0 bridgehead atoms. The van der Waals surface area contributed by atoms with Crippen LogP contribution in [0.3, 0.4) is 0 Å². The maximum Gasteiger partial charge on any atom is 0.253 e. The minimum absolute atomic E-state index is 0.0673. The highest BCUT2D eigenvalue weighted by atomic mass is 16.5. The first-order valence-electron chi connectivity index (χ1n) is 8.63. The summed E-state index contributed by atoms with van der Waals surface area (Å²) in [6, 6.07) is 5.44. The van der Waals surface area contributed by atoms with E-state index in [-0.39, 0.29) is 17.9 Å². The van der Waals surface area contributed by atoms with Gasteiger partial charge in [-0.2, -0.15) is 5.10 Å². The monoisotopic (exact) mass is 344 g/mol. The molecule has 1 fully saturated rings. The molecule has 2 aromatic rings. The van der Waals surface area contributed by atoms with Crippen LogP contribution < -0.4 is 5.32 Å². The number of aromatic nitrogens is 3. The molecule has 3 rings (SSSR count). The Hall–Kier alpha value is -2.25. The Balaban J connectivity index is 1.58. The van der Waals surface area contributed by atoms with Gasteiger partial charge >= 0.3 is 0 Å². The van der Waals surface area contributed by atoms with Crippen molar-refractivity contribution in [2.45, 2.75) is 38.9 Å². The van der Waals surface area contributed by atoms with E-state index in [0.717, 1.165) is 19.4 Å². The van der Waals surface area contributed by atoms with Crippen LogP contribution >= 0.6 is 0 Å². The fraction of sp³-hybridized carbons (Fsp3) is 0.500. The molecule has 0 unspecified atom stereocenters. The first-order chi connectivity index (χ1) is 12.1. The van der Waals surface area contributed by atoms with Crippen LogP contribution in [0.15, 0.2) is 36.8 Å². The number of hydrogen-bond donors (Lipinski definition) is 1. The second kappa shape index (κ2) is 8.22. The molecule has 2 atom stereocenters. The minimum Gasteiger partial charge on any atom is -0.376 e. The van der Waals surface area contributed by atoms with E-state index in [2.05, 4.69) is 15.4 Å². The zero-order chi connectivity index (χ0) is 17.6. The highest BCUT2D eigenvalue weighted by Crippen LogP contribution is 2.17. The molecule has 1 amide bonds. The molecule has 0 aliphatic carbocycles. The lowest BCUT2D eigenvalue weighted by Gasteiger charge is -2.22. The van der Waals surface area contributed by atoms with Crippen molar-refractivity contribution < 1.29 is 14.3 Å². The Kier molecular flexibility index (Phi) is 5.78. The Morgan fingerprint density at radius 3 is 2.96 bits per heavy atom. The van der Waals surface area contributed by atoms with E-state index < -0.39 is 6.10 Å². The van der Waals surface area contributed by atoms with Gasteiger partial charge < -0.3 is 14.8 Å². The number of carbonyl (C=O) groups is 1. The Labute approximate surface area is 147 Å². The molecule has 1 aliphatic heterocycles. The molecule has 25 heavy (non-hydrogen) atoms. The molecule has 0 radical (unpaired) electrons. The topological polar surface area (TPSA) is 78.3 Å². The zero-order valence-corrected chi connectivity index (χ0v) is 14.6. The standard InChI is InChI=1S/C18H24N4O3/c1-13(2)17(25-12-15-5-3-10-24-15)18(23)21-14-6-7-16(19-11-14)22-9-4-8-20-22/h4,6-9,11,13,15,17H,3,5,10,12H2,1-2H3,(H,21,23)/t15-,17-/m1/s1. The van der Waals surface area contributed by atoms with Crippen molar-refractivity contribution in [2.24, 2.45) is 5.92 Å². The molecule has 2 aromatic heterocycles. The summed E-state index contributed by atoms with van der Waals surface area (Å²) in [5, 5.41) is 7.00. The molecular weight excluding hydrogens is 320 g/mol. The van der Waals surface area contributed by atoms with E-state index in [0.29, 0.717) is 18.1 Å². The average molecular weight is 344 g/mol. The molecule has 0 saturated carbocycles. The van der Waals surface area contributed by atoms with Gasteiger partial charge in [-0.1, -0.05) is 13.8 Å². The second-order valence-electron chi connectivity index (χ2n) is 6.48. The van der Waals surface area contributed by atoms with Crippen LogP contribution in [0, 0.1) is 5.92 Å². The molecule has 3 heterocycles. The number of rotatable bonds is 7. The summed E-state index contributed by atoms with van der Waals surface area (Å²) in [5.74, 6) is 0.595. The molecule has 0 spiro atoms. The predicted octanol–water partition coefficient (Wildman–Crippen LogP) is 2.43. The first-order valence-corrected chi connectivity index (χ1v) is 8.63. The lowest BCUT2D eigenvalue weighted by Crippen LogP contribution is -2.36. The summed E-state index contributed by atoms with van der Waals surface area (Å²) in [4.78, 5) is 16.9. The number of carbonyl (C=O) groups excluding carboxylic acids is 1. The van der Waals surface area contributed by atoms with Crippen LogP contribution in [0.25, 0.3) is 5.82 Å². The molecule has 1 saturated heterocycles. The van der Waals surface area contributed by atoms with Gasteiger partial charge in [-0.25, -0.2) is 9.67 Å². The number of anilines is 1. The van der Waals surface area contributed by atoms with Crippen LogP contribution in [0.2, 0.25) is 0 Å². The van der Waals surface area contributed by atoms with Gasteiger partial charge in [0.1, 0.15) is 6.10 Å². The number of nitrogens with one attached hydrogen (secondary N) is 1. The Morgan fingerprint density at radius 2 is 2.36 bits per heavy atom. The van der Waals surface area contributed by atoms with Gasteiger partial charge in [-0.05, 0) is 37.0 Å². The highest BCUT2D eigenvalue weighted by molar-refractivity contribution is 5.94. The van der Waals surface area contributed by atoms with Crippen molar-refractivity contribution in [3.63, 3.8) is 0 Å². The number of amides is 1. The lowest BCUT2D eigenvalue weighted by atomic mass is 10.1. The van der Waals surface area contributed by atoms with E-state index in [1.165, 1.54) is 0 Å². The molecule has 134 valence electrons. The summed E-state index contributed by atoms with van der Waals surface area (Å²) < 4.78 is 13.0. The minimum atomic E-state index is -0.519. The SMILES string of the molecule is CC(C)[C@@H](OC[C@H]1CCCO1)C(=O)Nc1ccc(-n2cccn2)nc1. The molecule has 7 heteroatoms. The van der Waals surface area contributed by atoms with Crippen molar-refractivity contribution in [1.82, 2.24) is 14.8 Å². The Bertz CT molecular complexity index is 664. The smallest absolute Gasteiger partial charge is 0.253 e. The molecule has 1 aliphatic rings. The van der Waals surface area contributed by atoms with E-state index in [4.69, 9.17) is 9.47 Å². The summed E-state index contributed by atoms with van der Waals surface area (Å²) in [6.45, 7) is 5.17. The summed E-state index contributed by atoms with van der Waals surface area (Å²) in [7, 11) is 0. The normalized spacial score (nSPS) is 18.4. The van der Waals surface area contributed by atoms with Crippen LogP contribution in [0.4, 0.5) is 5.69 Å². The van der Waals surface area contributed by atoms with E-state index in [9.17, 15) is 4.79 Å². The molecular formula is C18H24N4O3. The number of hydrogen-bond acceptors (Lipinski definition) is 5. The van der Waals surface area contributed by atoms with Gasteiger partial charge in [-0.15, -0.1) is 0 Å². The largest absolute Gasteiger partial charge is 0.376 e. The van der Waals surface area contributed by atoms with Crippen LogP contribution in [0.1, 0.15) is 26.7 Å². The molecule has 1 N–H and O–H groups in total. The zero-order valence-electron chi connectivity index (χ0n) is 14.6. The lowest BCUT2D eigenvalue weighted by molar-refractivity contribution is -0.132. The van der Waals surface area contributed by atoms with Crippen LogP contribution in [0.5, 0.6) is 0 Å². The third-order valence-electron chi connectivity index (χ3n) is 4.10. The Morgan fingerprint density at radius 1 is 1.48 bits per heavy atom. The summed E-state index contributed by atoms with van der Waals surface area (Å²) >= 11 is 0. The van der Waals surface area contributed by atoms with Crippen LogP contribution in [-0.2, 0) is 14.3 Å². The number of nitrogens with zero attached hydrogens (tertiary/aromatic N) is 3. The first kappa shape index (κ1) is 17.6. The fourth-order valence-corrected chi connectivity index (χ4v) is 2.77. The third kappa shape index (κ3) is 4.64. The summed E-state index contributed by atoms with van der Waals surface area (Å²) in [6.07, 6.45) is 6.75. The van der Waals surface area contributed by atoms with Gasteiger partial charge in [0.25, 0.3) is 5.91 Å². The van der Waals surface area contributed by atoms with E-state index in [1.807, 2.05) is 26.1 Å². The van der Waals surface area contributed by atoms with Crippen molar-refractivity contribution in [2.75, 3.05) is 18.5 Å². The number of ether oxygens (including phenoxy) is 2. The highest BCUT2D eigenvalue weighted by Gasteiger charge is 2.26. The third-order valence-corrected chi connectivity index (χ3v) is 4.10. The van der Waals surface area contributed by atoms with Crippen molar-refractivity contribution in [3.05, 3.63) is 36.8 Å². The van der Waals surface area contributed by atoms with Gasteiger partial charge in [0.15, 0.2) is 5.82 Å². The number of pyridine rings is 1. The quantitative estimate of drug-likeness (QED) is 0.834. The maximum atomic E-state index is 12.6. The maximum absolute atomic E-state index is 12.6. The molecule has 7 nitrogen and oxygen atoms in total. The van der Waals surface area contributed by atoms with Crippen LogP contribution in [-0.4, -0.2) is 46.1 Å². The summed E-state index contributed by atoms with van der Waals surface area (Å²) in [5.41, 5.74) is 0.632. The van der Waals surface area contributed by atoms with Crippen molar-refractivity contribution >= 4 is 11.6 Å². The van der Waals surface area contributed by atoms with E-state index in [1.54, 1.807) is 29.2 Å².